The van der Waals surface area contributed by atoms with Gasteiger partial charge in [-0.1, -0.05) is 18.2 Å². The van der Waals surface area contributed by atoms with Gasteiger partial charge in [-0.3, -0.25) is 0 Å². The summed E-state index contributed by atoms with van der Waals surface area (Å²) in [4.78, 5) is 10.7. The number of carbonyl (C=O) groups is 1. The zero-order chi connectivity index (χ0) is 12.1. The second-order valence-electron chi connectivity index (χ2n) is 3.98. The Hall–Kier alpha value is -1.39. The molecule has 0 aromatic heterocycles. The molecule has 4 nitrogen and oxygen atoms in total. The molecular formula is C13H16O4. The van der Waals surface area contributed by atoms with E-state index in [0.717, 1.165) is 17.6 Å². The van der Waals surface area contributed by atoms with Crippen LogP contribution in [0.3, 0.4) is 0 Å². The molecule has 17 heavy (non-hydrogen) atoms. The van der Waals surface area contributed by atoms with Gasteiger partial charge in [-0.2, -0.15) is 0 Å². The minimum Gasteiger partial charge on any atom is -0.496 e. The van der Waals surface area contributed by atoms with Crippen molar-refractivity contribution in [1.29, 1.82) is 0 Å². The summed E-state index contributed by atoms with van der Waals surface area (Å²) in [6.45, 7) is 0.805. The fourth-order valence-electron chi connectivity index (χ4n) is 2.10. The molecule has 92 valence electrons. The maximum atomic E-state index is 10.7. The van der Waals surface area contributed by atoms with Crippen molar-refractivity contribution in [3.05, 3.63) is 29.8 Å². The summed E-state index contributed by atoms with van der Waals surface area (Å²) in [5.74, 6) is 0.841. The van der Waals surface area contributed by atoms with Crippen LogP contribution in [0.25, 0.3) is 0 Å². The summed E-state index contributed by atoms with van der Waals surface area (Å²) in [6, 6.07) is 7.71. The molecule has 4 heteroatoms. The quantitative estimate of drug-likeness (QED) is 0.749. The zero-order valence-electron chi connectivity index (χ0n) is 9.80. The van der Waals surface area contributed by atoms with Crippen LogP contribution in [-0.4, -0.2) is 26.8 Å². The molecule has 0 N–H and O–H groups in total. The van der Waals surface area contributed by atoms with Gasteiger partial charge in [0, 0.05) is 17.9 Å². The van der Waals surface area contributed by atoms with Crippen molar-refractivity contribution in [1.82, 2.24) is 0 Å². The van der Waals surface area contributed by atoms with Gasteiger partial charge in [-0.25, -0.2) is 0 Å². The van der Waals surface area contributed by atoms with E-state index >= 15 is 0 Å². The summed E-state index contributed by atoms with van der Waals surface area (Å²) in [5, 5.41) is 0. The molecule has 0 unspecified atom stereocenters. The fourth-order valence-corrected chi connectivity index (χ4v) is 2.10. The number of carbonyl (C=O) groups excluding carboxylic acids is 1. The van der Waals surface area contributed by atoms with Crippen molar-refractivity contribution in [2.45, 2.75) is 12.5 Å². The molecule has 1 fully saturated rings. The lowest BCUT2D eigenvalue weighted by atomic mass is 9.92. The van der Waals surface area contributed by atoms with Gasteiger partial charge in [0.1, 0.15) is 18.8 Å². The number of rotatable bonds is 4. The van der Waals surface area contributed by atoms with Gasteiger partial charge >= 0.3 is 0 Å². The molecular weight excluding hydrogens is 220 g/mol. The molecule has 0 saturated carbocycles. The molecule has 1 heterocycles. The molecule has 1 aliphatic rings. The van der Waals surface area contributed by atoms with Gasteiger partial charge in [0.15, 0.2) is 0 Å². The second-order valence-corrected chi connectivity index (χ2v) is 3.98. The number of benzene rings is 1. The third-order valence-corrected chi connectivity index (χ3v) is 2.94. The molecule has 0 aliphatic carbocycles. The van der Waals surface area contributed by atoms with E-state index in [0.29, 0.717) is 13.0 Å². The van der Waals surface area contributed by atoms with Gasteiger partial charge in [-0.05, 0) is 6.07 Å². The third kappa shape index (κ3) is 2.65. The Kier molecular flexibility index (Phi) is 4.12. The van der Waals surface area contributed by atoms with Crippen LogP contribution in [0.1, 0.15) is 18.1 Å². The van der Waals surface area contributed by atoms with Crippen molar-refractivity contribution in [3.63, 3.8) is 0 Å². The highest BCUT2D eigenvalue weighted by atomic mass is 16.7. The first-order chi connectivity index (χ1) is 8.36. The molecule has 0 amide bonds. The van der Waals surface area contributed by atoms with Gasteiger partial charge < -0.3 is 19.0 Å². The van der Waals surface area contributed by atoms with E-state index in [4.69, 9.17) is 14.2 Å². The number of aldehydes is 1. The predicted molar refractivity (Wildman–Crippen MR) is 61.8 cm³/mol. The normalized spacial score (nSPS) is 24.3. The number of methoxy groups -OCH3 is 1. The highest BCUT2D eigenvalue weighted by molar-refractivity contribution is 5.50. The van der Waals surface area contributed by atoms with Crippen LogP contribution >= 0.6 is 0 Å². The topological polar surface area (TPSA) is 44.8 Å². The van der Waals surface area contributed by atoms with Gasteiger partial charge in [0.25, 0.3) is 0 Å². The average Bonchev–Trinajstić information content (AvgIpc) is 2.40. The summed E-state index contributed by atoms with van der Waals surface area (Å²) in [6.07, 6.45) is 1.21. The minimum absolute atomic E-state index is 0.0533. The Morgan fingerprint density at radius 3 is 3.06 bits per heavy atom. The Bertz CT molecular complexity index is 377. The molecule has 0 bridgehead atoms. The second kappa shape index (κ2) is 5.80. The summed E-state index contributed by atoms with van der Waals surface area (Å²) < 4.78 is 16.2. The Balaban J connectivity index is 2.25. The van der Waals surface area contributed by atoms with Gasteiger partial charge in [0.05, 0.1) is 19.8 Å². The lowest BCUT2D eigenvalue weighted by molar-refractivity contribution is -0.174. The Morgan fingerprint density at radius 2 is 2.29 bits per heavy atom. The fraction of sp³-hybridized carbons (Fsp3) is 0.462. The van der Waals surface area contributed by atoms with Crippen molar-refractivity contribution in [2.24, 2.45) is 5.92 Å². The zero-order valence-corrected chi connectivity index (χ0v) is 9.80. The maximum absolute atomic E-state index is 10.7. The number of hydrogen-bond acceptors (Lipinski definition) is 4. The highest BCUT2D eigenvalue weighted by Crippen LogP contribution is 2.36. The van der Waals surface area contributed by atoms with Crippen LogP contribution in [0.15, 0.2) is 24.3 Å². The molecule has 2 atom stereocenters. The Labute approximate surface area is 100 Å². The SMILES string of the molecule is COc1ccccc1[C@@H]1OCOC[C@@H]1CC=O. The maximum Gasteiger partial charge on any atom is 0.147 e. The van der Waals surface area contributed by atoms with E-state index in [-0.39, 0.29) is 18.8 Å². The first-order valence-electron chi connectivity index (χ1n) is 5.62. The van der Waals surface area contributed by atoms with E-state index in [1.54, 1.807) is 7.11 Å². The molecule has 2 rings (SSSR count). The smallest absolute Gasteiger partial charge is 0.147 e. The number of para-hydroxylation sites is 1. The molecule has 1 aromatic carbocycles. The van der Waals surface area contributed by atoms with Crippen LogP contribution < -0.4 is 4.74 Å². The van der Waals surface area contributed by atoms with E-state index in [1.807, 2.05) is 24.3 Å². The lowest BCUT2D eigenvalue weighted by Crippen LogP contribution is -2.28. The average molecular weight is 236 g/mol. The summed E-state index contributed by atoms with van der Waals surface area (Å²) >= 11 is 0. The summed E-state index contributed by atoms with van der Waals surface area (Å²) in [5.41, 5.74) is 0.977. The number of ether oxygens (including phenoxy) is 3. The molecule has 0 spiro atoms. The predicted octanol–water partition coefficient (Wildman–Crippen LogP) is 1.95. The minimum atomic E-state index is -0.134. The van der Waals surface area contributed by atoms with E-state index in [9.17, 15) is 4.79 Å². The van der Waals surface area contributed by atoms with Crippen LogP contribution in [-0.2, 0) is 14.3 Å². The van der Waals surface area contributed by atoms with Gasteiger partial charge in [0.2, 0.25) is 0 Å². The first-order valence-corrected chi connectivity index (χ1v) is 5.62. The third-order valence-electron chi connectivity index (χ3n) is 2.94. The number of hydrogen-bond donors (Lipinski definition) is 0. The van der Waals surface area contributed by atoms with Crippen molar-refractivity contribution >= 4 is 6.29 Å². The van der Waals surface area contributed by atoms with Gasteiger partial charge in [-0.15, -0.1) is 0 Å². The van der Waals surface area contributed by atoms with Crippen molar-refractivity contribution in [3.8, 4) is 5.75 Å². The van der Waals surface area contributed by atoms with Crippen LogP contribution in [0.4, 0.5) is 0 Å². The molecule has 1 saturated heterocycles. The monoisotopic (exact) mass is 236 g/mol. The lowest BCUT2D eigenvalue weighted by Gasteiger charge is -2.31. The van der Waals surface area contributed by atoms with Crippen LogP contribution in [0.5, 0.6) is 5.75 Å². The van der Waals surface area contributed by atoms with Crippen molar-refractivity contribution < 1.29 is 19.0 Å². The molecule has 0 radical (unpaired) electrons. The molecule has 1 aliphatic heterocycles. The van der Waals surface area contributed by atoms with E-state index in [2.05, 4.69) is 0 Å². The Morgan fingerprint density at radius 1 is 1.47 bits per heavy atom. The van der Waals surface area contributed by atoms with E-state index < -0.39 is 0 Å². The molecule has 1 aromatic rings. The first kappa shape index (κ1) is 12.1. The summed E-state index contributed by atoms with van der Waals surface area (Å²) in [7, 11) is 1.63. The largest absolute Gasteiger partial charge is 0.496 e. The van der Waals surface area contributed by atoms with Crippen LogP contribution in [0.2, 0.25) is 0 Å². The standard InChI is InChI=1S/C13H16O4/c1-15-12-5-3-2-4-11(12)13-10(6-7-14)8-16-9-17-13/h2-5,7,10,13H,6,8-9H2,1H3/t10-,13+/m0/s1. The van der Waals surface area contributed by atoms with Crippen LogP contribution in [0, 0.1) is 5.92 Å². The highest BCUT2D eigenvalue weighted by Gasteiger charge is 2.29. The van der Waals surface area contributed by atoms with E-state index in [1.165, 1.54) is 0 Å². The van der Waals surface area contributed by atoms with Crippen molar-refractivity contribution in [2.75, 3.05) is 20.5 Å².